The maximum absolute atomic E-state index is 12.8. The van der Waals surface area contributed by atoms with Crippen molar-refractivity contribution >= 4 is 38.4 Å². The normalized spacial score (nSPS) is 14.2. The van der Waals surface area contributed by atoms with Crippen molar-refractivity contribution in [3.8, 4) is 16.9 Å². The van der Waals surface area contributed by atoms with E-state index in [1.807, 2.05) is 81.6 Å². The number of nitrogens with zero attached hydrogens (tertiary/aromatic N) is 1. The Morgan fingerprint density at radius 2 is 1.61 bits per heavy atom. The molecule has 5 nitrogen and oxygen atoms in total. The predicted octanol–water partition coefficient (Wildman–Crippen LogP) is 7.08. The summed E-state index contributed by atoms with van der Waals surface area (Å²) in [7, 11) is 0. The highest BCUT2D eigenvalue weighted by Crippen LogP contribution is 2.47. The Bertz CT molecular complexity index is 1660. The molecule has 1 aliphatic rings. The van der Waals surface area contributed by atoms with E-state index >= 15 is 0 Å². The zero-order valence-corrected chi connectivity index (χ0v) is 20.5. The largest absolute Gasteiger partial charge is 0.493 e. The lowest BCUT2D eigenvalue weighted by Crippen LogP contribution is -2.28. The summed E-state index contributed by atoms with van der Waals surface area (Å²) in [6.07, 6.45) is 1.47. The second-order valence-electron chi connectivity index (χ2n) is 10.2. The first-order chi connectivity index (χ1) is 17.3. The fourth-order valence-electron chi connectivity index (χ4n) is 5.42. The van der Waals surface area contributed by atoms with E-state index in [1.54, 1.807) is 0 Å². The van der Waals surface area contributed by atoms with Gasteiger partial charge in [-0.05, 0) is 71.6 Å². The number of hydrogen-bond acceptors (Lipinski definition) is 4. The topological polar surface area (TPSA) is 68.7 Å². The molecule has 180 valence electrons. The van der Waals surface area contributed by atoms with Crippen LogP contribution in [0, 0.1) is 0 Å². The molecule has 4 aromatic carbocycles. The van der Waals surface area contributed by atoms with Gasteiger partial charge >= 0.3 is 5.97 Å². The fraction of sp³-hybridized carbons (Fsp3) is 0.226. The van der Waals surface area contributed by atoms with E-state index in [2.05, 4.69) is 12.1 Å². The Balaban J connectivity index is 1.81. The number of carboxylic acids is 1. The lowest BCUT2D eigenvalue weighted by molar-refractivity contribution is -0.160. The summed E-state index contributed by atoms with van der Waals surface area (Å²) in [6, 6.07) is 22.2. The highest BCUT2D eigenvalue weighted by molar-refractivity contribution is 6.19. The third-order valence-corrected chi connectivity index (χ3v) is 6.77. The maximum Gasteiger partial charge on any atom is 0.337 e. The van der Waals surface area contributed by atoms with Crippen molar-refractivity contribution in [2.75, 3.05) is 6.61 Å². The third-order valence-electron chi connectivity index (χ3n) is 6.77. The molecular formula is C31H27NO4. The van der Waals surface area contributed by atoms with Crippen LogP contribution in [0.5, 0.6) is 5.75 Å². The van der Waals surface area contributed by atoms with Gasteiger partial charge in [0, 0.05) is 29.1 Å². The zero-order valence-electron chi connectivity index (χ0n) is 20.5. The molecule has 0 fully saturated rings. The number of fused-ring (bicyclic) bond motifs is 3. The first-order valence-corrected chi connectivity index (χ1v) is 12.2. The molecule has 1 atom stereocenters. The highest BCUT2D eigenvalue weighted by atomic mass is 16.5. The van der Waals surface area contributed by atoms with Gasteiger partial charge in [-0.1, -0.05) is 48.5 Å². The standard InChI is InChI=1S/C31H27NO4/c1-31(2,3)36-29(30(33)34)27-22-11-7-5-9-20(22)19-8-4-6-10-21(19)26(27)23-12-13-24-25-18(15-17-35-24)14-16-32-28(23)25/h4-14,16,29H,15,17H2,1-3H3,(H,33,34)/t29-/m0/s1. The first kappa shape index (κ1) is 22.5. The van der Waals surface area contributed by atoms with Crippen LogP contribution in [0.2, 0.25) is 0 Å². The monoisotopic (exact) mass is 477 g/mol. The molecule has 2 heterocycles. The average molecular weight is 478 g/mol. The second-order valence-corrected chi connectivity index (χ2v) is 10.2. The van der Waals surface area contributed by atoms with Gasteiger partial charge in [0.2, 0.25) is 0 Å². The summed E-state index contributed by atoms with van der Waals surface area (Å²) in [5, 5.41) is 15.4. The van der Waals surface area contributed by atoms with Crippen molar-refractivity contribution in [1.29, 1.82) is 0 Å². The average Bonchev–Trinajstić information content (AvgIpc) is 2.87. The number of pyridine rings is 1. The Kier molecular flexibility index (Phi) is 5.20. The Morgan fingerprint density at radius 1 is 0.944 bits per heavy atom. The van der Waals surface area contributed by atoms with E-state index in [0.29, 0.717) is 12.2 Å². The third kappa shape index (κ3) is 3.59. The molecule has 0 radical (unpaired) electrons. The number of rotatable bonds is 4. The van der Waals surface area contributed by atoms with Crippen molar-refractivity contribution in [3.63, 3.8) is 0 Å². The first-order valence-electron chi connectivity index (χ1n) is 12.2. The molecule has 6 rings (SSSR count). The van der Waals surface area contributed by atoms with Gasteiger partial charge in [-0.15, -0.1) is 0 Å². The molecular weight excluding hydrogens is 450 g/mol. The van der Waals surface area contributed by atoms with Crippen molar-refractivity contribution in [2.45, 2.75) is 38.9 Å². The summed E-state index contributed by atoms with van der Waals surface area (Å²) in [5.41, 5.74) is 3.69. The van der Waals surface area contributed by atoms with Crippen LogP contribution in [0.15, 0.2) is 72.9 Å². The minimum absolute atomic E-state index is 0.635. The van der Waals surface area contributed by atoms with E-state index in [1.165, 1.54) is 5.56 Å². The van der Waals surface area contributed by atoms with Crippen LogP contribution in [0.25, 0.3) is 43.6 Å². The molecule has 1 N–H and O–H groups in total. The van der Waals surface area contributed by atoms with Crippen molar-refractivity contribution in [2.24, 2.45) is 0 Å². The molecule has 36 heavy (non-hydrogen) atoms. The van der Waals surface area contributed by atoms with Crippen LogP contribution >= 0.6 is 0 Å². The molecule has 0 bridgehead atoms. The molecule has 0 aliphatic carbocycles. The molecule has 1 aliphatic heterocycles. The maximum atomic E-state index is 12.8. The highest BCUT2D eigenvalue weighted by Gasteiger charge is 2.33. The summed E-state index contributed by atoms with van der Waals surface area (Å²) >= 11 is 0. The van der Waals surface area contributed by atoms with Crippen molar-refractivity contribution in [1.82, 2.24) is 4.98 Å². The van der Waals surface area contributed by atoms with E-state index in [9.17, 15) is 9.90 Å². The summed E-state index contributed by atoms with van der Waals surface area (Å²) in [4.78, 5) is 17.6. The number of aliphatic carboxylic acids is 1. The number of ether oxygens (including phenoxy) is 2. The Labute approximate surface area is 209 Å². The van der Waals surface area contributed by atoms with Crippen molar-refractivity contribution < 1.29 is 19.4 Å². The van der Waals surface area contributed by atoms with Gasteiger partial charge < -0.3 is 14.6 Å². The molecule has 0 spiro atoms. The number of carbonyl (C=O) groups is 1. The molecule has 5 heteroatoms. The fourth-order valence-corrected chi connectivity index (χ4v) is 5.42. The van der Waals surface area contributed by atoms with E-state index < -0.39 is 17.7 Å². The number of hydrogen-bond donors (Lipinski definition) is 1. The van der Waals surface area contributed by atoms with E-state index in [4.69, 9.17) is 14.5 Å². The molecule has 0 unspecified atom stereocenters. The van der Waals surface area contributed by atoms with Gasteiger partial charge in [0.05, 0.1) is 17.7 Å². The summed E-state index contributed by atoms with van der Waals surface area (Å²) in [5.74, 6) is -0.207. The lowest BCUT2D eigenvalue weighted by atomic mass is 9.84. The van der Waals surface area contributed by atoms with Crippen LogP contribution in [-0.2, 0) is 16.0 Å². The van der Waals surface area contributed by atoms with Crippen LogP contribution in [-0.4, -0.2) is 28.3 Å². The SMILES string of the molecule is CC(C)(C)O[C@H](C(=O)O)c1c(-c2ccc3c4c(ccnc24)CCO3)c2ccccc2c2ccccc12. The molecule has 0 saturated heterocycles. The van der Waals surface area contributed by atoms with Gasteiger partial charge in [0.15, 0.2) is 6.10 Å². The number of aromatic nitrogens is 1. The van der Waals surface area contributed by atoms with Gasteiger partial charge in [-0.3, -0.25) is 4.98 Å². The quantitative estimate of drug-likeness (QED) is 0.280. The minimum Gasteiger partial charge on any atom is -0.493 e. The number of carboxylic acid groups (broad SMARTS) is 1. The zero-order chi connectivity index (χ0) is 25.0. The minimum atomic E-state index is -1.17. The Morgan fingerprint density at radius 3 is 2.31 bits per heavy atom. The number of benzene rings is 4. The van der Waals surface area contributed by atoms with Crippen LogP contribution < -0.4 is 4.74 Å². The van der Waals surface area contributed by atoms with Gasteiger partial charge in [0.25, 0.3) is 0 Å². The van der Waals surface area contributed by atoms with Crippen LogP contribution in [0.4, 0.5) is 0 Å². The van der Waals surface area contributed by atoms with Gasteiger partial charge in [-0.25, -0.2) is 4.79 Å². The molecule has 0 saturated carbocycles. The second kappa shape index (κ2) is 8.32. The smallest absolute Gasteiger partial charge is 0.337 e. The summed E-state index contributed by atoms with van der Waals surface area (Å²) in [6.45, 7) is 6.28. The van der Waals surface area contributed by atoms with Gasteiger partial charge in [0.1, 0.15) is 5.75 Å². The molecule has 0 amide bonds. The Hall–Kier alpha value is -3.96. The summed E-state index contributed by atoms with van der Waals surface area (Å²) < 4.78 is 12.2. The van der Waals surface area contributed by atoms with Crippen LogP contribution in [0.3, 0.4) is 0 Å². The molecule has 1 aromatic heterocycles. The van der Waals surface area contributed by atoms with Crippen LogP contribution in [0.1, 0.15) is 38.0 Å². The molecule has 5 aromatic rings. The lowest BCUT2D eigenvalue weighted by Gasteiger charge is -2.29. The van der Waals surface area contributed by atoms with Crippen molar-refractivity contribution in [3.05, 3.63) is 84.1 Å². The predicted molar refractivity (Wildman–Crippen MR) is 143 cm³/mol. The van der Waals surface area contributed by atoms with Gasteiger partial charge in [-0.2, -0.15) is 0 Å². The van der Waals surface area contributed by atoms with E-state index in [-0.39, 0.29) is 0 Å². The van der Waals surface area contributed by atoms with E-state index in [0.717, 1.165) is 55.7 Å².